The first-order valence-corrected chi connectivity index (χ1v) is 11.1. The molecule has 3 rings (SSSR count). The summed E-state index contributed by atoms with van der Waals surface area (Å²) in [6, 6.07) is 19.4. The minimum absolute atomic E-state index is 0.126. The molecule has 1 fully saturated rings. The third-order valence-corrected chi connectivity index (χ3v) is 5.43. The average molecular weight is 463 g/mol. The molecule has 182 valence electrons. The first kappa shape index (κ1) is 25.7. The molecule has 1 heterocycles. The number of ether oxygens (including phenoxy) is 6. The van der Waals surface area contributed by atoms with Crippen molar-refractivity contribution in [2.75, 3.05) is 27.4 Å². The molecule has 0 aromatic heterocycles. The van der Waals surface area contributed by atoms with Crippen molar-refractivity contribution >= 4 is 0 Å². The van der Waals surface area contributed by atoms with Gasteiger partial charge in [-0.2, -0.15) is 0 Å². The van der Waals surface area contributed by atoms with Crippen LogP contribution in [0.25, 0.3) is 0 Å². The predicted octanol–water partition coefficient (Wildman–Crippen LogP) is 2.26. The molecule has 0 radical (unpaired) electrons. The second-order valence-electron chi connectivity index (χ2n) is 7.89. The van der Waals surface area contributed by atoms with Crippen molar-refractivity contribution < 1.29 is 38.6 Å². The van der Waals surface area contributed by atoms with Gasteiger partial charge in [0.1, 0.15) is 12.2 Å². The van der Waals surface area contributed by atoms with Crippen LogP contribution in [0.3, 0.4) is 0 Å². The number of methoxy groups -OCH3 is 2. The van der Waals surface area contributed by atoms with Crippen LogP contribution in [0.4, 0.5) is 0 Å². The van der Waals surface area contributed by atoms with Crippen molar-refractivity contribution in [2.45, 2.75) is 56.6 Å². The molecule has 2 N–H and O–H groups in total. The zero-order chi connectivity index (χ0) is 23.5. The van der Waals surface area contributed by atoms with Crippen LogP contribution in [0.2, 0.25) is 0 Å². The molecule has 0 saturated carbocycles. The molecule has 0 amide bonds. The summed E-state index contributed by atoms with van der Waals surface area (Å²) in [5.41, 5.74) is 1.99. The van der Waals surface area contributed by atoms with Gasteiger partial charge in [0.15, 0.2) is 0 Å². The number of aliphatic hydroxyl groups excluding tert-OH is 2. The molecule has 8 heteroatoms. The third-order valence-electron chi connectivity index (χ3n) is 5.43. The molecule has 2 aromatic carbocycles. The van der Waals surface area contributed by atoms with Crippen molar-refractivity contribution in [3.05, 3.63) is 71.8 Å². The van der Waals surface area contributed by atoms with Crippen LogP contribution < -0.4 is 0 Å². The van der Waals surface area contributed by atoms with E-state index in [0.717, 1.165) is 11.1 Å². The fourth-order valence-corrected chi connectivity index (χ4v) is 3.72. The molecule has 1 saturated heterocycles. The highest BCUT2D eigenvalue weighted by molar-refractivity contribution is 5.14. The highest BCUT2D eigenvalue weighted by Gasteiger charge is 2.44. The van der Waals surface area contributed by atoms with Gasteiger partial charge in [0.05, 0.1) is 38.6 Å². The molecule has 0 unspecified atom stereocenters. The fraction of sp³-hybridized carbons (Fsp3) is 0.520. The Bertz CT molecular complexity index is 774. The number of benzene rings is 2. The van der Waals surface area contributed by atoms with Gasteiger partial charge in [0.2, 0.25) is 12.6 Å². The van der Waals surface area contributed by atoms with Crippen LogP contribution in [0, 0.1) is 0 Å². The van der Waals surface area contributed by atoms with Crippen LogP contribution in [0.5, 0.6) is 0 Å². The third kappa shape index (κ3) is 7.84. The Morgan fingerprint density at radius 1 is 0.848 bits per heavy atom. The Kier molecular flexibility index (Phi) is 10.7. The highest BCUT2D eigenvalue weighted by Crippen LogP contribution is 2.28. The van der Waals surface area contributed by atoms with Crippen LogP contribution in [-0.4, -0.2) is 74.6 Å². The topological polar surface area (TPSA) is 95.8 Å². The molecule has 8 nitrogen and oxygen atoms in total. The first-order valence-electron chi connectivity index (χ1n) is 11.1. The summed E-state index contributed by atoms with van der Waals surface area (Å²) in [6.07, 6.45) is -4.15. The maximum absolute atomic E-state index is 10.6. The van der Waals surface area contributed by atoms with Crippen LogP contribution in [0.15, 0.2) is 60.7 Å². The number of hydrogen-bond donors (Lipinski definition) is 2. The van der Waals surface area contributed by atoms with E-state index in [1.165, 1.54) is 14.2 Å². The lowest BCUT2D eigenvalue weighted by molar-refractivity contribution is -0.366. The standard InChI is InChI=1S/C25H34O8/c1-28-24-25(29-2)33-23(22(14-26)31-16-19-11-7-4-8-12-19)21(32-24)13-20(27)17-30-15-18-9-5-3-6-10-18/h3-12,20-27H,13-17H2,1-2H3/t20-,21+,22-,23-,24-,25-/m0/s1. The van der Waals surface area contributed by atoms with Crippen molar-refractivity contribution in [3.8, 4) is 0 Å². The highest BCUT2D eigenvalue weighted by atomic mass is 16.8. The molecule has 33 heavy (non-hydrogen) atoms. The molecule has 6 atom stereocenters. The molecule has 0 aliphatic carbocycles. The summed E-state index contributed by atoms with van der Waals surface area (Å²) in [5, 5.41) is 20.6. The Morgan fingerprint density at radius 2 is 1.42 bits per heavy atom. The lowest BCUT2D eigenvalue weighted by Crippen LogP contribution is -2.57. The number of hydrogen-bond acceptors (Lipinski definition) is 8. The minimum atomic E-state index is -0.810. The van der Waals surface area contributed by atoms with E-state index in [1.807, 2.05) is 60.7 Å². The van der Waals surface area contributed by atoms with Gasteiger partial charge in [-0.25, -0.2) is 0 Å². The zero-order valence-corrected chi connectivity index (χ0v) is 19.1. The van der Waals surface area contributed by atoms with Crippen LogP contribution in [-0.2, 0) is 41.6 Å². The molecule has 1 aliphatic rings. The Morgan fingerprint density at radius 3 is 2.00 bits per heavy atom. The summed E-state index contributed by atoms with van der Waals surface area (Å²) >= 11 is 0. The van der Waals surface area contributed by atoms with Crippen LogP contribution >= 0.6 is 0 Å². The number of aliphatic hydroxyl groups is 2. The van der Waals surface area contributed by atoms with Crippen LogP contribution in [0.1, 0.15) is 17.5 Å². The maximum Gasteiger partial charge on any atom is 0.209 e. The van der Waals surface area contributed by atoms with Crippen molar-refractivity contribution in [1.82, 2.24) is 0 Å². The molecule has 1 aliphatic heterocycles. The van der Waals surface area contributed by atoms with E-state index in [1.54, 1.807) is 0 Å². The average Bonchev–Trinajstić information content (AvgIpc) is 2.86. The van der Waals surface area contributed by atoms with Gasteiger partial charge in [-0.15, -0.1) is 0 Å². The van der Waals surface area contributed by atoms with Gasteiger partial charge in [0.25, 0.3) is 0 Å². The Hall–Kier alpha value is -1.88. The summed E-state index contributed by atoms with van der Waals surface area (Å²) in [4.78, 5) is 0. The molecular formula is C25H34O8. The summed E-state index contributed by atoms with van der Waals surface area (Å²) in [5.74, 6) is 0. The van der Waals surface area contributed by atoms with E-state index in [0.29, 0.717) is 13.2 Å². The summed E-state index contributed by atoms with van der Waals surface area (Å²) in [6.45, 7) is 0.537. The normalized spacial score (nSPS) is 25.0. The molecule has 0 spiro atoms. The Labute approximate surface area is 194 Å². The van der Waals surface area contributed by atoms with E-state index in [-0.39, 0.29) is 19.6 Å². The second-order valence-corrected chi connectivity index (χ2v) is 7.89. The van der Waals surface area contributed by atoms with E-state index in [9.17, 15) is 10.2 Å². The van der Waals surface area contributed by atoms with E-state index >= 15 is 0 Å². The maximum atomic E-state index is 10.6. The SMILES string of the molecule is CO[C@H]1O[C@H]([C@H](CO)OCc2ccccc2)[C@@H](C[C@H](O)COCc2ccccc2)O[C@@H]1OC. The molecule has 2 aromatic rings. The van der Waals surface area contributed by atoms with Gasteiger partial charge >= 0.3 is 0 Å². The second kappa shape index (κ2) is 13.7. The van der Waals surface area contributed by atoms with Gasteiger partial charge in [-0.05, 0) is 11.1 Å². The van der Waals surface area contributed by atoms with Crippen molar-refractivity contribution in [2.24, 2.45) is 0 Å². The van der Waals surface area contributed by atoms with Gasteiger partial charge < -0.3 is 38.6 Å². The molecular weight excluding hydrogens is 428 g/mol. The zero-order valence-electron chi connectivity index (χ0n) is 19.1. The smallest absolute Gasteiger partial charge is 0.209 e. The predicted molar refractivity (Wildman–Crippen MR) is 120 cm³/mol. The largest absolute Gasteiger partial charge is 0.394 e. The monoisotopic (exact) mass is 462 g/mol. The minimum Gasteiger partial charge on any atom is -0.394 e. The molecule has 0 bridgehead atoms. The summed E-state index contributed by atoms with van der Waals surface area (Å²) in [7, 11) is 2.98. The lowest BCUT2D eigenvalue weighted by atomic mass is 10.0. The lowest BCUT2D eigenvalue weighted by Gasteiger charge is -2.43. The van der Waals surface area contributed by atoms with Crippen molar-refractivity contribution in [1.29, 1.82) is 0 Å². The van der Waals surface area contributed by atoms with Gasteiger partial charge in [-0.1, -0.05) is 60.7 Å². The van der Waals surface area contributed by atoms with E-state index in [2.05, 4.69) is 0 Å². The van der Waals surface area contributed by atoms with E-state index < -0.39 is 37.0 Å². The fourth-order valence-electron chi connectivity index (χ4n) is 3.72. The van der Waals surface area contributed by atoms with Gasteiger partial charge in [-0.3, -0.25) is 0 Å². The van der Waals surface area contributed by atoms with E-state index in [4.69, 9.17) is 28.4 Å². The van der Waals surface area contributed by atoms with Gasteiger partial charge in [0, 0.05) is 20.6 Å². The summed E-state index contributed by atoms with van der Waals surface area (Å²) < 4.78 is 34.4. The number of rotatable bonds is 13. The Balaban J connectivity index is 1.61. The first-order chi connectivity index (χ1) is 16.1. The quantitative estimate of drug-likeness (QED) is 0.468. The van der Waals surface area contributed by atoms with Crippen molar-refractivity contribution in [3.63, 3.8) is 0 Å².